The molecule has 2 unspecified atom stereocenters. The molecule has 1 fully saturated rings. The third kappa shape index (κ3) is 1.80. The molecule has 1 heterocycles. The highest BCUT2D eigenvalue weighted by Gasteiger charge is 2.34. The Hall–Kier alpha value is -0.0800. The molecule has 2 nitrogen and oxygen atoms in total. The molecular weight excluding hydrogens is 150 g/mol. The van der Waals surface area contributed by atoms with Crippen LogP contribution < -0.4 is 0 Å². The van der Waals surface area contributed by atoms with Gasteiger partial charge in [-0.2, -0.15) is 0 Å². The summed E-state index contributed by atoms with van der Waals surface area (Å²) in [5.74, 6) is 0.595. The lowest BCUT2D eigenvalue weighted by molar-refractivity contribution is -0.0184. The van der Waals surface area contributed by atoms with Crippen molar-refractivity contribution >= 4 is 0 Å². The van der Waals surface area contributed by atoms with Gasteiger partial charge in [-0.1, -0.05) is 13.8 Å². The van der Waals surface area contributed by atoms with E-state index in [1.165, 1.54) is 0 Å². The maximum Gasteiger partial charge on any atom is 0.113 e. The van der Waals surface area contributed by atoms with E-state index >= 15 is 0 Å². The lowest BCUT2D eigenvalue weighted by Gasteiger charge is -2.32. The molecule has 2 heteroatoms. The molecule has 72 valence electrons. The Morgan fingerprint density at radius 1 is 1.25 bits per heavy atom. The van der Waals surface area contributed by atoms with Crippen LogP contribution in [0.1, 0.15) is 34.6 Å². The van der Waals surface area contributed by atoms with E-state index in [1.807, 2.05) is 0 Å². The first kappa shape index (κ1) is 10.0. The zero-order chi connectivity index (χ0) is 9.30. The third-order valence-electron chi connectivity index (χ3n) is 2.48. The monoisotopic (exact) mass is 171 g/mol. The fraction of sp³-hybridized carbons (Fsp3) is 1.00. The first-order valence-electron chi connectivity index (χ1n) is 4.93. The van der Waals surface area contributed by atoms with Crippen molar-refractivity contribution in [2.24, 2.45) is 5.92 Å². The van der Waals surface area contributed by atoms with Crippen molar-refractivity contribution in [2.75, 3.05) is 6.61 Å². The minimum absolute atomic E-state index is 0.333. The zero-order valence-electron chi connectivity index (χ0n) is 8.87. The Morgan fingerprint density at radius 3 is 2.17 bits per heavy atom. The van der Waals surface area contributed by atoms with Crippen LogP contribution in [0, 0.1) is 5.92 Å². The second kappa shape index (κ2) is 3.75. The molecule has 0 N–H and O–H groups in total. The number of ether oxygens (including phenoxy) is 1. The Bertz CT molecular complexity index is 145. The molecule has 1 rings (SSSR count). The molecule has 0 aromatic rings. The van der Waals surface area contributed by atoms with Gasteiger partial charge in [-0.25, -0.2) is 0 Å². The third-order valence-corrected chi connectivity index (χ3v) is 2.48. The number of hydrogen-bond donors (Lipinski definition) is 0. The predicted molar refractivity (Wildman–Crippen MR) is 51.0 cm³/mol. The van der Waals surface area contributed by atoms with Gasteiger partial charge in [0.05, 0.1) is 6.61 Å². The highest BCUT2D eigenvalue weighted by atomic mass is 16.5. The average Bonchev–Trinajstić information content (AvgIpc) is 2.30. The molecule has 2 atom stereocenters. The van der Waals surface area contributed by atoms with E-state index in [-0.39, 0.29) is 0 Å². The zero-order valence-corrected chi connectivity index (χ0v) is 8.87. The van der Waals surface area contributed by atoms with Gasteiger partial charge >= 0.3 is 0 Å². The summed E-state index contributed by atoms with van der Waals surface area (Å²) in [7, 11) is 0. The number of rotatable bonds is 2. The van der Waals surface area contributed by atoms with Gasteiger partial charge in [0.1, 0.15) is 6.23 Å². The van der Waals surface area contributed by atoms with Crippen LogP contribution >= 0.6 is 0 Å². The Morgan fingerprint density at radius 2 is 1.83 bits per heavy atom. The van der Waals surface area contributed by atoms with Crippen LogP contribution in [0.4, 0.5) is 0 Å². The Balaban J connectivity index is 2.64. The summed E-state index contributed by atoms with van der Waals surface area (Å²) >= 11 is 0. The second-order valence-electron chi connectivity index (χ2n) is 4.36. The van der Waals surface area contributed by atoms with Crippen molar-refractivity contribution in [1.29, 1.82) is 0 Å². The van der Waals surface area contributed by atoms with Crippen molar-refractivity contribution < 1.29 is 4.74 Å². The largest absolute Gasteiger partial charge is 0.361 e. The standard InChI is InChI=1S/C10H21NO/c1-7(2)10-11(8(3)4)9(5)6-12-10/h7-10H,6H2,1-5H3. The first-order valence-corrected chi connectivity index (χ1v) is 4.93. The molecule has 0 amide bonds. The molecule has 0 spiro atoms. The van der Waals surface area contributed by atoms with E-state index in [0.29, 0.717) is 24.2 Å². The second-order valence-corrected chi connectivity index (χ2v) is 4.36. The molecule has 0 aromatic heterocycles. The Kier molecular flexibility index (Phi) is 3.13. The van der Waals surface area contributed by atoms with E-state index in [0.717, 1.165) is 6.61 Å². The van der Waals surface area contributed by atoms with Crippen molar-refractivity contribution in [3.8, 4) is 0 Å². The topological polar surface area (TPSA) is 12.5 Å². The summed E-state index contributed by atoms with van der Waals surface area (Å²) in [4.78, 5) is 2.46. The van der Waals surface area contributed by atoms with Gasteiger partial charge in [-0.3, -0.25) is 4.90 Å². The van der Waals surface area contributed by atoms with Gasteiger partial charge in [0.15, 0.2) is 0 Å². The predicted octanol–water partition coefficient (Wildman–Crippen LogP) is 2.10. The number of nitrogens with zero attached hydrogens (tertiary/aromatic N) is 1. The molecule has 0 aromatic carbocycles. The fourth-order valence-corrected chi connectivity index (χ4v) is 2.00. The average molecular weight is 171 g/mol. The van der Waals surface area contributed by atoms with Crippen LogP contribution in [0.25, 0.3) is 0 Å². The van der Waals surface area contributed by atoms with Crippen molar-refractivity contribution in [3.63, 3.8) is 0 Å². The maximum atomic E-state index is 5.73. The van der Waals surface area contributed by atoms with Crippen LogP contribution in [0.15, 0.2) is 0 Å². The van der Waals surface area contributed by atoms with Gasteiger partial charge in [-0.05, 0) is 26.7 Å². The van der Waals surface area contributed by atoms with Crippen molar-refractivity contribution in [3.05, 3.63) is 0 Å². The smallest absolute Gasteiger partial charge is 0.113 e. The van der Waals surface area contributed by atoms with Crippen LogP contribution in [0.5, 0.6) is 0 Å². The summed E-state index contributed by atoms with van der Waals surface area (Å²) in [5, 5.41) is 0. The molecule has 1 saturated heterocycles. The molecule has 1 aliphatic heterocycles. The minimum atomic E-state index is 0.333. The highest BCUT2D eigenvalue weighted by Crippen LogP contribution is 2.24. The molecule has 12 heavy (non-hydrogen) atoms. The lowest BCUT2D eigenvalue weighted by Crippen LogP contribution is -2.43. The summed E-state index contributed by atoms with van der Waals surface area (Å²) in [6, 6.07) is 1.17. The Labute approximate surface area is 75.9 Å². The molecule has 1 aliphatic rings. The van der Waals surface area contributed by atoms with E-state index in [9.17, 15) is 0 Å². The molecule has 0 aliphatic carbocycles. The SMILES string of the molecule is CC(C)C1OCC(C)N1C(C)C. The molecule has 0 bridgehead atoms. The van der Waals surface area contributed by atoms with Gasteiger partial charge in [0.25, 0.3) is 0 Å². The lowest BCUT2D eigenvalue weighted by atomic mass is 10.1. The summed E-state index contributed by atoms with van der Waals surface area (Å²) in [6.07, 6.45) is 0.333. The van der Waals surface area contributed by atoms with E-state index in [2.05, 4.69) is 39.5 Å². The van der Waals surface area contributed by atoms with E-state index < -0.39 is 0 Å². The first-order chi connectivity index (χ1) is 5.54. The maximum absolute atomic E-state index is 5.73. The van der Waals surface area contributed by atoms with Crippen molar-refractivity contribution in [1.82, 2.24) is 4.90 Å². The highest BCUT2D eigenvalue weighted by molar-refractivity contribution is 4.81. The van der Waals surface area contributed by atoms with E-state index in [4.69, 9.17) is 4.74 Å². The van der Waals surface area contributed by atoms with Crippen molar-refractivity contribution in [2.45, 2.75) is 52.9 Å². The van der Waals surface area contributed by atoms with Crippen LogP contribution in [0.3, 0.4) is 0 Å². The summed E-state index contributed by atoms with van der Waals surface area (Å²) in [5.41, 5.74) is 0. The molecular formula is C10H21NO. The van der Waals surface area contributed by atoms with Crippen LogP contribution in [-0.4, -0.2) is 29.8 Å². The fourth-order valence-electron chi connectivity index (χ4n) is 2.00. The normalized spacial score (nSPS) is 32.2. The minimum Gasteiger partial charge on any atom is -0.361 e. The quantitative estimate of drug-likeness (QED) is 0.631. The summed E-state index contributed by atoms with van der Waals surface area (Å²) < 4.78 is 5.73. The molecule has 0 radical (unpaired) electrons. The van der Waals surface area contributed by atoms with E-state index in [1.54, 1.807) is 0 Å². The summed E-state index contributed by atoms with van der Waals surface area (Å²) in [6.45, 7) is 12.0. The van der Waals surface area contributed by atoms with Crippen LogP contribution in [0.2, 0.25) is 0 Å². The van der Waals surface area contributed by atoms with Gasteiger partial charge < -0.3 is 4.74 Å². The molecule has 0 saturated carbocycles. The van der Waals surface area contributed by atoms with Gasteiger partial charge in [0, 0.05) is 12.1 Å². The number of hydrogen-bond acceptors (Lipinski definition) is 2. The van der Waals surface area contributed by atoms with Gasteiger partial charge in [-0.15, -0.1) is 0 Å². The van der Waals surface area contributed by atoms with Crippen LogP contribution in [-0.2, 0) is 4.74 Å². The van der Waals surface area contributed by atoms with Gasteiger partial charge in [0.2, 0.25) is 0 Å².